The van der Waals surface area contributed by atoms with E-state index in [0.717, 1.165) is 25.7 Å². The summed E-state index contributed by atoms with van der Waals surface area (Å²) in [5.74, 6) is 0. The van der Waals surface area contributed by atoms with Gasteiger partial charge < -0.3 is 0 Å². The second-order valence-electron chi connectivity index (χ2n) is 2.94. The van der Waals surface area contributed by atoms with Crippen molar-refractivity contribution in [2.75, 3.05) is 0 Å². The molecule has 0 aliphatic carbocycles. The Morgan fingerprint density at radius 3 is 2.55 bits per heavy atom. The number of allylic oxidation sites excluding steroid dienone is 3. The Kier molecular flexibility index (Phi) is 5.91. The van der Waals surface area contributed by atoms with Gasteiger partial charge in [-0.15, -0.1) is 0 Å². The highest BCUT2D eigenvalue weighted by Crippen LogP contribution is 2.09. The molecule has 0 heteroatoms. The van der Waals surface area contributed by atoms with Crippen LogP contribution in [0, 0.1) is 6.92 Å². The third-order valence-electron chi connectivity index (χ3n) is 1.90. The Morgan fingerprint density at radius 2 is 2.09 bits per heavy atom. The van der Waals surface area contributed by atoms with Crippen LogP contribution in [-0.2, 0) is 0 Å². The van der Waals surface area contributed by atoms with Crippen LogP contribution in [0.4, 0.5) is 0 Å². The van der Waals surface area contributed by atoms with Crippen LogP contribution in [0.2, 0.25) is 0 Å². The van der Waals surface area contributed by atoms with Crippen molar-refractivity contribution in [1.82, 2.24) is 0 Å². The normalized spacial score (nSPS) is 11.7. The molecule has 11 heavy (non-hydrogen) atoms. The van der Waals surface area contributed by atoms with Crippen molar-refractivity contribution in [3.05, 3.63) is 30.7 Å². The summed E-state index contributed by atoms with van der Waals surface area (Å²) >= 11 is 0. The molecule has 0 fully saturated rings. The van der Waals surface area contributed by atoms with Crippen molar-refractivity contribution in [1.29, 1.82) is 0 Å². The molecule has 0 aromatic carbocycles. The molecule has 0 amide bonds. The van der Waals surface area contributed by atoms with E-state index in [2.05, 4.69) is 33.4 Å². The fraction of sp³-hybridized carbons (Fsp3) is 0.545. The van der Waals surface area contributed by atoms with E-state index < -0.39 is 0 Å². The van der Waals surface area contributed by atoms with Gasteiger partial charge in [0.1, 0.15) is 0 Å². The van der Waals surface area contributed by atoms with Gasteiger partial charge in [0.05, 0.1) is 0 Å². The quantitative estimate of drug-likeness (QED) is 0.523. The van der Waals surface area contributed by atoms with Crippen molar-refractivity contribution >= 4 is 0 Å². The lowest BCUT2D eigenvalue weighted by molar-refractivity contribution is 0.926. The Bertz CT molecular complexity index is 140. The predicted octanol–water partition coefficient (Wildman–Crippen LogP) is 3.90. The van der Waals surface area contributed by atoms with Crippen molar-refractivity contribution in [2.24, 2.45) is 0 Å². The Hall–Kier alpha value is -0.520. The summed E-state index contributed by atoms with van der Waals surface area (Å²) in [6.45, 7) is 12.0. The Labute approximate surface area is 71.0 Å². The lowest BCUT2D eigenvalue weighted by Gasteiger charge is -1.98. The third kappa shape index (κ3) is 5.90. The molecule has 0 aliphatic heterocycles. The minimum atomic E-state index is 0.874. The average Bonchev–Trinajstić information content (AvgIpc) is 2.04. The number of rotatable bonds is 5. The van der Waals surface area contributed by atoms with Crippen molar-refractivity contribution in [2.45, 2.75) is 39.5 Å². The average molecular weight is 151 g/mol. The van der Waals surface area contributed by atoms with Crippen LogP contribution in [0.1, 0.15) is 39.5 Å². The third-order valence-corrected chi connectivity index (χ3v) is 1.90. The topological polar surface area (TPSA) is 0 Å². The van der Waals surface area contributed by atoms with Gasteiger partial charge in [-0.3, -0.25) is 0 Å². The van der Waals surface area contributed by atoms with E-state index in [4.69, 9.17) is 0 Å². The Balaban J connectivity index is 3.48. The predicted molar refractivity (Wildman–Crippen MR) is 52.4 cm³/mol. The molecule has 0 bridgehead atoms. The fourth-order valence-electron chi connectivity index (χ4n) is 0.792. The summed E-state index contributed by atoms with van der Waals surface area (Å²) in [5, 5.41) is 0. The standard InChI is InChI=1S/C11H19/c1-5-10(3)8-7-9-11(4)6-2/h9H,1,3,5-8H2,2,4H3. The molecule has 1 radical (unpaired) electrons. The molecule has 0 aromatic heterocycles. The summed E-state index contributed by atoms with van der Waals surface area (Å²) in [6, 6.07) is 0. The van der Waals surface area contributed by atoms with Gasteiger partial charge >= 0.3 is 0 Å². The maximum atomic E-state index is 3.90. The largest absolute Gasteiger partial charge is 0.0999 e. The first-order chi connectivity index (χ1) is 5.20. The summed E-state index contributed by atoms with van der Waals surface area (Å²) in [4.78, 5) is 0. The second-order valence-corrected chi connectivity index (χ2v) is 2.94. The molecule has 0 unspecified atom stereocenters. The zero-order chi connectivity index (χ0) is 8.69. The maximum absolute atomic E-state index is 3.90. The molecule has 0 nitrogen and oxygen atoms in total. The molecule has 0 N–H and O–H groups in total. The van der Waals surface area contributed by atoms with Gasteiger partial charge in [0.2, 0.25) is 0 Å². The van der Waals surface area contributed by atoms with Gasteiger partial charge in [-0.1, -0.05) is 30.7 Å². The van der Waals surface area contributed by atoms with Crippen LogP contribution in [0.3, 0.4) is 0 Å². The highest BCUT2D eigenvalue weighted by molar-refractivity contribution is 5.01. The maximum Gasteiger partial charge on any atom is -0.0288 e. The van der Waals surface area contributed by atoms with E-state index in [9.17, 15) is 0 Å². The highest BCUT2D eigenvalue weighted by atomic mass is 13.9. The molecule has 0 aliphatic rings. The first-order valence-electron chi connectivity index (χ1n) is 4.32. The molecule has 0 rings (SSSR count). The van der Waals surface area contributed by atoms with E-state index in [1.54, 1.807) is 0 Å². The van der Waals surface area contributed by atoms with E-state index in [-0.39, 0.29) is 0 Å². The summed E-state index contributed by atoms with van der Waals surface area (Å²) in [5.41, 5.74) is 2.73. The first kappa shape index (κ1) is 10.5. The molecule has 0 aromatic rings. The van der Waals surface area contributed by atoms with Crippen LogP contribution in [0.25, 0.3) is 0 Å². The van der Waals surface area contributed by atoms with Gasteiger partial charge in [0.25, 0.3) is 0 Å². The zero-order valence-corrected chi connectivity index (χ0v) is 7.82. The van der Waals surface area contributed by atoms with E-state index in [1.807, 2.05) is 0 Å². The van der Waals surface area contributed by atoms with Crippen molar-refractivity contribution < 1.29 is 0 Å². The van der Waals surface area contributed by atoms with Crippen molar-refractivity contribution in [3.8, 4) is 0 Å². The van der Waals surface area contributed by atoms with Gasteiger partial charge in [-0.25, -0.2) is 0 Å². The molecule has 0 saturated carbocycles. The minimum Gasteiger partial charge on any atom is -0.0999 e. The second kappa shape index (κ2) is 6.21. The minimum absolute atomic E-state index is 0.874. The fourth-order valence-corrected chi connectivity index (χ4v) is 0.792. The van der Waals surface area contributed by atoms with Gasteiger partial charge in [-0.05, 0) is 39.5 Å². The summed E-state index contributed by atoms with van der Waals surface area (Å²) < 4.78 is 0. The molecule has 0 spiro atoms. The van der Waals surface area contributed by atoms with E-state index in [0.29, 0.717) is 0 Å². The van der Waals surface area contributed by atoms with E-state index in [1.165, 1.54) is 11.1 Å². The molecule has 63 valence electrons. The van der Waals surface area contributed by atoms with Gasteiger partial charge in [0, 0.05) is 0 Å². The molecular weight excluding hydrogens is 132 g/mol. The summed E-state index contributed by atoms with van der Waals surface area (Å²) in [6.07, 6.45) is 6.56. The molecule has 0 atom stereocenters. The smallest absolute Gasteiger partial charge is 0.0288 e. The van der Waals surface area contributed by atoms with Crippen molar-refractivity contribution in [3.63, 3.8) is 0 Å². The molecule has 0 heterocycles. The SMILES string of the molecule is [CH2]CC(=C)CCC=C(C)CC. The van der Waals surface area contributed by atoms with Gasteiger partial charge in [0.15, 0.2) is 0 Å². The van der Waals surface area contributed by atoms with Crippen LogP contribution < -0.4 is 0 Å². The van der Waals surface area contributed by atoms with Crippen LogP contribution in [0.15, 0.2) is 23.8 Å². The lowest BCUT2D eigenvalue weighted by Crippen LogP contribution is -1.78. The molecule has 0 saturated heterocycles. The van der Waals surface area contributed by atoms with Crippen LogP contribution >= 0.6 is 0 Å². The Morgan fingerprint density at radius 1 is 1.45 bits per heavy atom. The van der Waals surface area contributed by atoms with E-state index >= 15 is 0 Å². The zero-order valence-electron chi connectivity index (χ0n) is 7.82. The highest BCUT2D eigenvalue weighted by Gasteiger charge is 1.88. The van der Waals surface area contributed by atoms with Crippen LogP contribution in [-0.4, -0.2) is 0 Å². The number of hydrogen-bond acceptors (Lipinski definition) is 0. The monoisotopic (exact) mass is 151 g/mol. The molecular formula is C11H19. The summed E-state index contributed by atoms with van der Waals surface area (Å²) in [7, 11) is 0. The first-order valence-corrected chi connectivity index (χ1v) is 4.32. The van der Waals surface area contributed by atoms with Gasteiger partial charge in [-0.2, -0.15) is 0 Å². The lowest BCUT2D eigenvalue weighted by atomic mass is 10.1. The van der Waals surface area contributed by atoms with Crippen LogP contribution in [0.5, 0.6) is 0 Å². The number of hydrogen-bond donors (Lipinski definition) is 0.